The summed E-state index contributed by atoms with van der Waals surface area (Å²) in [5.41, 5.74) is 0.837. The highest BCUT2D eigenvalue weighted by molar-refractivity contribution is 5.83. The average molecular weight is 262 g/mol. The van der Waals surface area contributed by atoms with Crippen LogP contribution in [0.25, 0.3) is 0 Å². The highest BCUT2D eigenvalue weighted by Crippen LogP contribution is 2.29. The summed E-state index contributed by atoms with van der Waals surface area (Å²) < 4.78 is 5.18. The van der Waals surface area contributed by atoms with Crippen molar-refractivity contribution in [1.82, 2.24) is 10.6 Å². The molecule has 1 aromatic rings. The van der Waals surface area contributed by atoms with Crippen LogP contribution in [0.4, 0.5) is 0 Å². The summed E-state index contributed by atoms with van der Waals surface area (Å²) in [6, 6.07) is 7.78. The maximum absolute atomic E-state index is 12.3. The Hall–Kier alpha value is -1.55. The molecule has 0 aromatic heterocycles. The van der Waals surface area contributed by atoms with E-state index in [0.29, 0.717) is 6.54 Å². The third kappa shape index (κ3) is 3.07. The number of carbonyl (C=O) groups is 1. The molecule has 4 heteroatoms. The summed E-state index contributed by atoms with van der Waals surface area (Å²) in [5, 5.41) is 6.33. The molecule has 1 aliphatic heterocycles. The van der Waals surface area contributed by atoms with Crippen molar-refractivity contribution < 1.29 is 9.53 Å². The van der Waals surface area contributed by atoms with Crippen LogP contribution in [0.3, 0.4) is 0 Å². The lowest BCUT2D eigenvalue weighted by molar-refractivity contribution is -0.130. The summed E-state index contributed by atoms with van der Waals surface area (Å²) >= 11 is 0. The Balaban J connectivity index is 1.96. The molecule has 0 aliphatic carbocycles. The smallest absolute Gasteiger partial charge is 0.227 e. The molecule has 0 spiro atoms. The van der Waals surface area contributed by atoms with Crippen LogP contribution in [-0.4, -0.2) is 26.1 Å². The molecule has 1 saturated heterocycles. The van der Waals surface area contributed by atoms with Crippen molar-refractivity contribution in [3.63, 3.8) is 0 Å². The van der Waals surface area contributed by atoms with Crippen LogP contribution >= 0.6 is 0 Å². The third-order valence-electron chi connectivity index (χ3n) is 3.99. The van der Waals surface area contributed by atoms with E-state index in [1.54, 1.807) is 7.11 Å². The van der Waals surface area contributed by atoms with Gasteiger partial charge in [0.1, 0.15) is 5.75 Å². The Morgan fingerprint density at radius 2 is 2.37 bits per heavy atom. The summed E-state index contributed by atoms with van der Waals surface area (Å²) in [5.74, 6) is 0.974. The number of hydrogen-bond acceptors (Lipinski definition) is 3. The molecule has 4 nitrogen and oxygen atoms in total. The fourth-order valence-electron chi connectivity index (χ4n) is 2.55. The van der Waals surface area contributed by atoms with E-state index in [1.165, 1.54) is 0 Å². The van der Waals surface area contributed by atoms with Gasteiger partial charge >= 0.3 is 0 Å². The van der Waals surface area contributed by atoms with E-state index in [9.17, 15) is 4.79 Å². The molecule has 0 saturated carbocycles. The molecular formula is C15H22N2O2. The zero-order chi connectivity index (χ0) is 13.7. The zero-order valence-electron chi connectivity index (χ0n) is 11.7. The molecule has 1 aliphatic rings. The quantitative estimate of drug-likeness (QED) is 0.849. The Labute approximate surface area is 114 Å². The number of benzene rings is 1. The third-order valence-corrected chi connectivity index (χ3v) is 3.99. The Morgan fingerprint density at radius 3 is 3.00 bits per heavy atom. The molecule has 1 unspecified atom stereocenters. The van der Waals surface area contributed by atoms with Gasteiger partial charge in [0, 0.05) is 13.1 Å². The van der Waals surface area contributed by atoms with Crippen LogP contribution in [0.5, 0.6) is 5.75 Å². The normalized spacial score (nSPS) is 22.2. The fraction of sp³-hybridized carbons (Fsp3) is 0.533. The lowest BCUT2D eigenvalue weighted by Crippen LogP contribution is -2.41. The number of amides is 1. The topological polar surface area (TPSA) is 50.4 Å². The van der Waals surface area contributed by atoms with Gasteiger partial charge in [-0.3, -0.25) is 4.79 Å². The summed E-state index contributed by atoms with van der Waals surface area (Å²) in [7, 11) is 1.65. The van der Waals surface area contributed by atoms with Crippen molar-refractivity contribution in [2.75, 3.05) is 20.2 Å². The van der Waals surface area contributed by atoms with Crippen LogP contribution in [0.2, 0.25) is 0 Å². The van der Waals surface area contributed by atoms with Crippen LogP contribution in [0.1, 0.15) is 25.3 Å². The fourth-order valence-corrected chi connectivity index (χ4v) is 2.55. The minimum Gasteiger partial charge on any atom is -0.497 e. The van der Waals surface area contributed by atoms with Gasteiger partial charge in [0.25, 0.3) is 0 Å². The van der Waals surface area contributed by atoms with Crippen molar-refractivity contribution in [3.05, 3.63) is 29.8 Å². The van der Waals surface area contributed by atoms with Crippen LogP contribution in [0.15, 0.2) is 24.3 Å². The van der Waals surface area contributed by atoms with E-state index in [4.69, 9.17) is 4.74 Å². The molecule has 19 heavy (non-hydrogen) atoms. The second kappa shape index (κ2) is 6.06. The number of hydrogen-bond donors (Lipinski definition) is 2. The van der Waals surface area contributed by atoms with Gasteiger partial charge in [0.15, 0.2) is 0 Å². The average Bonchev–Trinajstić information content (AvgIpc) is 2.95. The first-order chi connectivity index (χ1) is 9.20. The second-order valence-electron chi connectivity index (χ2n) is 5.09. The Kier molecular flexibility index (Phi) is 4.43. The highest BCUT2D eigenvalue weighted by atomic mass is 16.5. The molecule has 1 fully saturated rings. The van der Waals surface area contributed by atoms with E-state index < -0.39 is 0 Å². The Morgan fingerprint density at radius 1 is 1.53 bits per heavy atom. The van der Waals surface area contributed by atoms with Gasteiger partial charge in [-0.25, -0.2) is 0 Å². The van der Waals surface area contributed by atoms with Gasteiger partial charge in [-0.05, 0) is 37.1 Å². The summed E-state index contributed by atoms with van der Waals surface area (Å²) in [4.78, 5) is 12.3. The van der Waals surface area contributed by atoms with Gasteiger partial charge in [0.05, 0.1) is 12.5 Å². The van der Waals surface area contributed by atoms with Crippen molar-refractivity contribution >= 4 is 5.91 Å². The van der Waals surface area contributed by atoms with Crippen molar-refractivity contribution in [1.29, 1.82) is 0 Å². The first kappa shape index (κ1) is 13.9. The SMILES string of the molecule is CCC1(C(=O)NCc2cccc(OC)c2)CCNC1. The maximum atomic E-state index is 12.3. The molecule has 0 radical (unpaired) electrons. The van der Waals surface area contributed by atoms with Gasteiger partial charge in [-0.1, -0.05) is 19.1 Å². The monoisotopic (exact) mass is 262 g/mol. The molecule has 104 valence electrons. The molecule has 0 bridgehead atoms. The van der Waals surface area contributed by atoms with E-state index in [2.05, 4.69) is 17.6 Å². The number of methoxy groups -OCH3 is 1. The predicted octanol–water partition coefficient (Wildman–Crippen LogP) is 1.70. The lowest BCUT2D eigenvalue weighted by Gasteiger charge is -2.25. The van der Waals surface area contributed by atoms with Crippen LogP contribution in [-0.2, 0) is 11.3 Å². The molecular weight excluding hydrogens is 240 g/mol. The van der Waals surface area contributed by atoms with Crippen molar-refractivity contribution in [3.8, 4) is 5.75 Å². The summed E-state index contributed by atoms with van der Waals surface area (Å²) in [6.07, 6.45) is 1.80. The van der Waals surface area contributed by atoms with Gasteiger partial charge in [-0.2, -0.15) is 0 Å². The highest BCUT2D eigenvalue weighted by Gasteiger charge is 2.39. The van der Waals surface area contributed by atoms with Gasteiger partial charge in [0.2, 0.25) is 5.91 Å². The second-order valence-corrected chi connectivity index (χ2v) is 5.09. The molecule has 1 aromatic carbocycles. The predicted molar refractivity (Wildman–Crippen MR) is 75.1 cm³/mol. The van der Waals surface area contributed by atoms with Crippen LogP contribution in [0, 0.1) is 5.41 Å². The Bertz CT molecular complexity index is 440. The van der Waals surface area contributed by atoms with Gasteiger partial charge < -0.3 is 15.4 Å². The maximum Gasteiger partial charge on any atom is 0.227 e. The first-order valence-corrected chi connectivity index (χ1v) is 6.82. The standard InChI is InChI=1S/C15H22N2O2/c1-3-15(7-8-16-11-15)14(18)17-10-12-5-4-6-13(9-12)19-2/h4-6,9,16H,3,7-8,10-11H2,1-2H3,(H,17,18). The van der Waals surface area contributed by atoms with E-state index in [-0.39, 0.29) is 11.3 Å². The number of ether oxygens (including phenoxy) is 1. The molecule has 1 amide bonds. The van der Waals surface area contributed by atoms with Crippen LogP contribution < -0.4 is 15.4 Å². The lowest BCUT2D eigenvalue weighted by atomic mass is 9.83. The van der Waals surface area contributed by atoms with E-state index >= 15 is 0 Å². The molecule has 2 N–H and O–H groups in total. The molecule has 2 rings (SSSR count). The number of nitrogens with one attached hydrogen (secondary N) is 2. The molecule has 1 heterocycles. The van der Waals surface area contributed by atoms with E-state index in [1.807, 2.05) is 24.3 Å². The largest absolute Gasteiger partial charge is 0.497 e. The summed E-state index contributed by atoms with van der Waals surface area (Å²) in [6.45, 7) is 4.35. The van der Waals surface area contributed by atoms with Gasteiger partial charge in [-0.15, -0.1) is 0 Å². The van der Waals surface area contributed by atoms with Crippen molar-refractivity contribution in [2.24, 2.45) is 5.41 Å². The number of rotatable bonds is 5. The van der Waals surface area contributed by atoms with Crippen molar-refractivity contribution in [2.45, 2.75) is 26.3 Å². The minimum absolute atomic E-state index is 0.155. The minimum atomic E-state index is -0.223. The van der Waals surface area contributed by atoms with E-state index in [0.717, 1.165) is 37.2 Å². The molecule has 1 atom stereocenters. The zero-order valence-corrected chi connectivity index (χ0v) is 11.7. The number of carbonyl (C=O) groups excluding carboxylic acids is 1. The first-order valence-electron chi connectivity index (χ1n) is 6.82.